The Hall–Kier alpha value is -0.650. The van der Waals surface area contributed by atoms with Gasteiger partial charge >= 0.3 is 0 Å². The molecule has 0 saturated carbocycles. The number of hydrogen-bond donors (Lipinski definition) is 2. The summed E-state index contributed by atoms with van der Waals surface area (Å²) in [5.74, 6) is 0.333. The summed E-state index contributed by atoms with van der Waals surface area (Å²) in [6, 6.07) is -0.0651. The molecule has 0 bridgehead atoms. The second-order valence-corrected chi connectivity index (χ2v) is 4.88. The van der Waals surface area contributed by atoms with Gasteiger partial charge < -0.3 is 20.7 Å². The zero-order valence-corrected chi connectivity index (χ0v) is 11.5. The van der Waals surface area contributed by atoms with E-state index in [4.69, 9.17) is 10.5 Å². The van der Waals surface area contributed by atoms with Crippen LogP contribution in [0.5, 0.6) is 0 Å². The van der Waals surface area contributed by atoms with Crippen molar-refractivity contribution in [1.82, 2.24) is 10.2 Å². The molecule has 0 aliphatic rings. The van der Waals surface area contributed by atoms with Gasteiger partial charge in [-0.2, -0.15) is 0 Å². The van der Waals surface area contributed by atoms with E-state index in [1.54, 1.807) is 0 Å². The van der Waals surface area contributed by atoms with Crippen LogP contribution in [0.25, 0.3) is 0 Å². The standard InChI is InChI=1S/C12H27N3O2/c1-10(2)11(13)9-12(16)14-5-7-17-8-6-15(3)4/h10-11H,5-9,13H2,1-4H3,(H,14,16). The molecule has 0 aromatic rings. The summed E-state index contributed by atoms with van der Waals surface area (Å²) >= 11 is 0. The Morgan fingerprint density at radius 3 is 2.53 bits per heavy atom. The van der Waals surface area contributed by atoms with Crippen molar-refractivity contribution in [1.29, 1.82) is 0 Å². The summed E-state index contributed by atoms with van der Waals surface area (Å²) in [4.78, 5) is 13.5. The molecule has 0 fully saturated rings. The zero-order chi connectivity index (χ0) is 13.3. The van der Waals surface area contributed by atoms with Gasteiger partial charge in [0.15, 0.2) is 0 Å². The Morgan fingerprint density at radius 1 is 1.35 bits per heavy atom. The highest BCUT2D eigenvalue weighted by molar-refractivity contribution is 5.76. The van der Waals surface area contributed by atoms with E-state index < -0.39 is 0 Å². The number of rotatable bonds is 9. The van der Waals surface area contributed by atoms with Gasteiger partial charge in [-0.05, 0) is 20.0 Å². The van der Waals surface area contributed by atoms with E-state index in [0.29, 0.717) is 32.1 Å². The number of likely N-dealkylation sites (N-methyl/N-ethyl adjacent to an activating group) is 1. The van der Waals surface area contributed by atoms with Gasteiger partial charge in [0.25, 0.3) is 0 Å². The van der Waals surface area contributed by atoms with Crippen LogP contribution in [-0.2, 0) is 9.53 Å². The van der Waals surface area contributed by atoms with Crippen LogP contribution in [0, 0.1) is 5.92 Å². The number of nitrogens with two attached hydrogens (primary N) is 1. The molecule has 102 valence electrons. The molecule has 1 unspecified atom stereocenters. The largest absolute Gasteiger partial charge is 0.378 e. The molecule has 1 amide bonds. The summed E-state index contributed by atoms with van der Waals surface area (Å²) in [6.45, 7) is 6.72. The number of carbonyl (C=O) groups excluding carboxylic acids is 1. The highest BCUT2D eigenvalue weighted by Gasteiger charge is 2.12. The quantitative estimate of drug-likeness (QED) is 0.563. The number of nitrogens with zero attached hydrogens (tertiary/aromatic N) is 1. The third-order valence-corrected chi connectivity index (χ3v) is 2.53. The van der Waals surface area contributed by atoms with E-state index in [-0.39, 0.29) is 11.9 Å². The van der Waals surface area contributed by atoms with E-state index in [9.17, 15) is 4.79 Å². The summed E-state index contributed by atoms with van der Waals surface area (Å²) in [7, 11) is 4.00. The second-order valence-electron chi connectivity index (χ2n) is 4.88. The predicted octanol–water partition coefficient (Wildman–Crippen LogP) is 0.0542. The van der Waals surface area contributed by atoms with Crippen LogP contribution in [0.2, 0.25) is 0 Å². The van der Waals surface area contributed by atoms with E-state index in [1.807, 2.05) is 27.9 Å². The molecule has 0 heterocycles. The molecule has 0 saturated heterocycles. The van der Waals surface area contributed by atoms with Crippen LogP contribution in [0.4, 0.5) is 0 Å². The Balaban J connectivity index is 3.39. The lowest BCUT2D eigenvalue weighted by molar-refractivity contribution is -0.121. The van der Waals surface area contributed by atoms with Crippen molar-refractivity contribution in [3.63, 3.8) is 0 Å². The average molecular weight is 245 g/mol. The van der Waals surface area contributed by atoms with Gasteiger partial charge in [0, 0.05) is 25.6 Å². The van der Waals surface area contributed by atoms with Crippen LogP contribution in [0.3, 0.4) is 0 Å². The lowest BCUT2D eigenvalue weighted by atomic mass is 10.0. The van der Waals surface area contributed by atoms with Gasteiger partial charge in [-0.15, -0.1) is 0 Å². The van der Waals surface area contributed by atoms with Crippen molar-refractivity contribution in [2.75, 3.05) is 40.4 Å². The first-order valence-corrected chi connectivity index (χ1v) is 6.18. The summed E-state index contributed by atoms with van der Waals surface area (Å²) in [5.41, 5.74) is 5.81. The number of carbonyl (C=O) groups is 1. The van der Waals surface area contributed by atoms with Crippen molar-refractivity contribution in [3.8, 4) is 0 Å². The van der Waals surface area contributed by atoms with Crippen LogP contribution in [0.1, 0.15) is 20.3 Å². The van der Waals surface area contributed by atoms with Crippen LogP contribution >= 0.6 is 0 Å². The minimum Gasteiger partial charge on any atom is -0.378 e. The molecule has 5 heteroatoms. The maximum atomic E-state index is 11.4. The Kier molecular flexibility index (Phi) is 9.03. The van der Waals surface area contributed by atoms with Crippen molar-refractivity contribution in [2.45, 2.75) is 26.3 Å². The molecule has 0 aliphatic carbocycles. The molecule has 17 heavy (non-hydrogen) atoms. The Labute approximate surface area is 105 Å². The SMILES string of the molecule is CC(C)C(N)CC(=O)NCCOCCN(C)C. The highest BCUT2D eigenvalue weighted by atomic mass is 16.5. The predicted molar refractivity (Wildman–Crippen MR) is 69.8 cm³/mol. The van der Waals surface area contributed by atoms with Gasteiger partial charge in [-0.3, -0.25) is 4.79 Å². The summed E-state index contributed by atoms with van der Waals surface area (Å²) in [6.07, 6.45) is 0.384. The van der Waals surface area contributed by atoms with E-state index in [1.165, 1.54) is 0 Å². The number of hydrogen-bond acceptors (Lipinski definition) is 4. The number of amides is 1. The smallest absolute Gasteiger partial charge is 0.221 e. The first-order chi connectivity index (χ1) is 7.93. The van der Waals surface area contributed by atoms with E-state index in [2.05, 4.69) is 10.2 Å². The molecule has 3 N–H and O–H groups in total. The van der Waals surface area contributed by atoms with Crippen molar-refractivity contribution < 1.29 is 9.53 Å². The lowest BCUT2D eigenvalue weighted by Gasteiger charge is -2.15. The summed E-state index contributed by atoms with van der Waals surface area (Å²) in [5, 5.41) is 2.80. The molecule has 0 rings (SSSR count). The molecule has 0 aromatic carbocycles. The molecule has 0 radical (unpaired) electrons. The fourth-order valence-corrected chi connectivity index (χ4v) is 1.13. The van der Waals surface area contributed by atoms with Gasteiger partial charge in [0.2, 0.25) is 5.91 Å². The van der Waals surface area contributed by atoms with Crippen molar-refractivity contribution in [2.24, 2.45) is 11.7 Å². The fourth-order valence-electron chi connectivity index (χ4n) is 1.13. The fraction of sp³-hybridized carbons (Fsp3) is 0.917. The second kappa shape index (κ2) is 9.39. The monoisotopic (exact) mass is 245 g/mol. The van der Waals surface area contributed by atoms with Crippen LogP contribution in [-0.4, -0.2) is 57.2 Å². The molecule has 0 spiro atoms. The van der Waals surface area contributed by atoms with Crippen molar-refractivity contribution >= 4 is 5.91 Å². The first-order valence-electron chi connectivity index (χ1n) is 6.18. The summed E-state index contributed by atoms with van der Waals surface area (Å²) < 4.78 is 5.36. The Bertz CT molecular complexity index is 208. The molecular formula is C12H27N3O2. The molecule has 0 aromatic heterocycles. The van der Waals surface area contributed by atoms with Crippen molar-refractivity contribution in [3.05, 3.63) is 0 Å². The highest BCUT2D eigenvalue weighted by Crippen LogP contribution is 2.01. The van der Waals surface area contributed by atoms with Crippen LogP contribution < -0.4 is 11.1 Å². The molecule has 1 atom stereocenters. The normalized spacial score (nSPS) is 13.1. The number of ether oxygens (including phenoxy) is 1. The van der Waals surface area contributed by atoms with Gasteiger partial charge in [0.05, 0.1) is 13.2 Å². The third kappa shape index (κ3) is 10.2. The molecular weight excluding hydrogens is 218 g/mol. The average Bonchev–Trinajstić information content (AvgIpc) is 2.22. The molecule has 5 nitrogen and oxygen atoms in total. The maximum Gasteiger partial charge on any atom is 0.221 e. The first kappa shape index (κ1) is 16.4. The van der Waals surface area contributed by atoms with Crippen LogP contribution in [0.15, 0.2) is 0 Å². The van der Waals surface area contributed by atoms with Gasteiger partial charge in [0.1, 0.15) is 0 Å². The maximum absolute atomic E-state index is 11.4. The van der Waals surface area contributed by atoms with Gasteiger partial charge in [-0.1, -0.05) is 13.8 Å². The third-order valence-electron chi connectivity index (χ3n) is 2.53. The molecule has 0 aliphatic heterocycles. The number of nitrogens with one attached hydrogen (secondary N) is 1. The lowest BCUT2D eigenvalue weighted by Crippen LogP contribution is -2.36. The zero-order valence-electron chi connectivity index (χ0n) is 11.5. The minimum absolute atomic E-state index is 0.00223. The Morgan fingerprint density at radius 2 is 2.00 bits per heavy atom. The van der Waals surface area contributed by atoms with Gasteiger partial charge in [-0.25, -0.2) is 0 Å². The van der Waals surface area contributed by atoms with E-state index >= 15 is 0 Å². The topological polar surface area (TPSA) is 67.6 Å². The minimum atomic E-state index is -0.0651. The van der Waals surface area contributed by atoms with E-state index in [0.717, 1.165) is 6.54 Å².